The molecule has 8 heteroatoms. The van der Waals surface area contributed by atoms with Gasteiger partial charge in [0, 0.05) is 22.5 Å². The molecule has 31 heavy (non-hydrogen) atoms. The van der Waals surface area contributed by atoms with Crippen LogP contribution in [0.15, 0.2) is 53.6 Å². The molecule has 1 heterocycles. The number of carbonyl (C=O) groups is 2. The molecule has 0 unspecified atom stereocenters. The number of nitrogens with one attached hydrogen (secondary N) is 2. The van der Waals surface area contributed by atoms with Gasteiger partial charge in [-0.3, -0.25) is 4.79 Å². The Kier molecular flexibility index (Phi) is 6.85. The summed E-state index contributed by atoms with van der Waals surface area (Å²) in [4.78, 5) is 25.1. The van der Waals surface area contributed by atoms with Gasteiger partial charge in [0.1, 0.15) is 12.3 Å². The van der Waals surface area contributed by atoms with E-state index in [2.05, 4.69) is 15.7 Å². The van der Waals surface area contributed by atoms with Gasteiger partial charge in [0.15, 0.2) is 0 Å². The van der Waals surface area contributed by atoms with E-state index in [1.54, 1.807) is 13.2 Å². The van der Waals surface area contributed by atoms with Crippen LogP contribution in [0.25, 0.3) is 0 Å². The van der Waals surface area contributed by atoms with Crippen molar-refractivity contribution in [3.05, 3.63) is 64.7 Å². The summed E-state index contributed by atoms with van der Waals surface area (Å²) in [6, 6.07) is 14.2. The highest BCUT2D eigenvalue weighted by atomic mass is 35.5. The van der Waals surface area contributed by atoms with Gasteiger partial charge in [0.2, 0.25) is 0 Å². The topological polar surface area (TPSA) is 83.0 Å². The Balaban J connectivity index is 1.83. The lowest BCUT2D eigenvalue weighted by atomic mass is 9.98. The molecule has 1 atom stereocenters. The molecule has 0 saturated carbocycles. The van der Waals surface area contributed by atoms with Gasteiger partial charge < -0.3 is 15.4 Å². The highest BCUT2D eigenvalue weighted by molar-refractivity contribution is 6.34. The molecule has 0 fully saturated rings. The SMILES string of the molecule is COc1ccc([C@H]2CC(c3ccccc3Cl)=NN2C(=O)CNC(=O)NC(C)(C)C)cc1. The molecule has 1 aliphatic rings. The molecule has 7 nitrogen and oxygen atoms in total. The van der Waals surface area contributed by atoms with Gasteiger partial charge >= 0.3 is 6.03 Å². The van der Waals surface area contributed by atoms with E-state index in [4.69, 9.17) is 16.3 Å². The zero-order chi connectivity index (χ0) is 22.6. The number of amides is 3. The first-order chi connectivity index (χ1) is 14.7. The highest BCUT2D eigenvalue weighted by Gasteiger charge is 2.33. The summed E-state index contributed by atoms with van der Waals surface area (Å²) >= 11 is 6.36. The van der Waals surface area contributed by atoms with Gasteiger partial charge in [-0.1, -0.05) is 41.9 Å². The second-order valence-electron chi connectivity index (χ2n) is 8.32. The van der Waals surface area contributed by atoms with Gasteiger partial charge in [0.05, 0.1) is 18.9 Å². The average molecular weight is 443 g/mol. The lowest BCUT2D eigenvalue weighted by Crippen LogP contribution is -2.49. The molecular formula is C23H27ClN4O3. The first-order valence-corrected chi connectivity index (χ1v) is 10.4. The summed E-state index contributed by atoms with van der Waals surface area (Å²) < 4.78 is 5.24. The zero-order valence-corrected chi connectivity index (χ0v) is 18.9. The van der Waals surface area contributed by atoms with E-state index < -0.39 is 11.6 Å². The van der Waals surface area contributed by atoms with Crippen LogP contribution >= 0.6 is 11.6 Å². The Hall–Kier alpha value is -3.06. The van der Waals surface area contributed by atoms with Crippen molar-refractivity contribution in [3.8, 4) is 5.75 Å². The summed E-state index contributed by atoms with van der Waals surface area (Å²) in [7, 11) is 1.60. The largest absolute Gasteiger partial charge is 0.497 e. The third kappa shape index (κ3) is 5.76. The van der Waals surface area contributed by atoms with Crippen molar-refractivity contribution in [2.24, 2.45) is 5.10 Å². The Labute approximate surface area is 187 Å². The molecular weight excluding hydrogens is 416 g/mol. The monoisotopic (exact) mass is 442 g/mol. The maximum absolute atomic E-state index is 13.0. The predicted octanol–water partition coefficient (Wildman–Crippen LogP) is 4.12. The first kappa shape index (κ1) is 22.6. The van der Waals surface area contributed by atoms with E-state index in [0.717, 1.165) is 22.6 Å². The zero-order valence-electron chi connectivity index (χ0n) is 18.1. The van der Waals surface area contributed by atoms with Crippen molar-refractivity contribution in [2.75, 3.05) is 13.7 Å². The third-order valence-corrected chi connectivity index (χ3v) is 5.07. The molecule has 0 bridgehead atoms. The van der Waals surface area contributed by atoms with Crippen LogP contribution in [0, 0.1) is 0 Å². The minimum absolute atomic E-state index is 0.173. The van der Waals surface area contributed by atoms with Crippen LogP contribution in [-0.4, -0.2) is 41.9 Å². The summed E-state index contributed by atoms with van der Waals surface area (Å²) in [5, 5.41) is 12.0. The van der Waals surface area contributed by atoms with Gasteiger partial charge in [0.25, 0.3) is 5.91 Å². The number of carbonyl (C=O) groups excluding carboxylic acids is 2. The molecule has 3 amide bonds. The van der Waals surface area contributed by atoms with Crippen LogP contribution in [0.1, 0.15) is 44.4 Å². The number of hydrazone groups is 1. The van der Waals surface area contributed by atoms with Crippen molar-refractivity contribution >= 4 is 29.3 Å². The molecule has 164 valence electrons. The van der Waals surface area contributed by atoms with E-state index >= 15 is 0 Å². The Bertz CT molecular complexity index is 983. The molecule has 1 aliphatic heterocycles. The number of ether oxygens (including phenoxy) is 1. The van der Waals surface area contributed by atoms with Crippen LogP contribution < -0.4 is 15.4 Å². The fourth-order valence-corrected chi connectivity index (χ4v) is 3.55. The maximum Gasteiger partial charge on any atom is 0.315 e. The van der Waals surface area contributed by atoms with E-state index in [1.165, 1.54) is 5.01 Å². The van der Waals surface area contributed by atoms with Crippen LogP contribution in [0.3, 0.4) is 0 Å². The Morgan fingerprint density at radius 1 is 1.16 bits per heavy atom. The summed E-state index contributed by atoms with van der Waals surface area (Å²) in [6.07, 6.45) is 0.510. The standard InChI is InChI=1S/C23H27ClN4O3/c1-23(2,3)26-22(30)25-14-21(29)28-20(15-9-11-16(31-4)12-10-15)13-19(27-28)17-7-5-6-8-18(17)24/h5-12,20H,13-14H2,1-4H3,(H2,25,26,30)/t20-/m1/s1. The lowest BCUT2D eigenvalue weighted by molar-refractivity contribution is -0.131. The van der Waals surface area contributed by atoms with Crippen LogP contribution in [0.4, 0.5) is 4.79 Å². The minimum atomic E-state index is -0.406. The normalized spacial score (nSPS) is 16.0. The smallest absolute Gasteiger partial charge is 0.315 e. The summed E-state index contributed by atoms with van der Waals surface area (Å²) in [5.74, 6) is 0.416. The first-order valence-electron chi connectivity index (χ1n) is 10.0. The number of nitrogens with zero attached hydrogens (tertiary/aromatic N) is 2. The number of methoxy groups -OCH3 is 1. The van der Waals surface area contributed by atoms with Gasteiger partial charge in [-0.05, 0) is 44.5 Å². The molecule has 3 rings (SSSR count). The molecule has 2 aromatic carbocycles. The number of rotatable bonds is 5. The number of halogens is 1. The number of urea groups is 1. The number of hydrogen-bond donors (Lipinski definition) is 2. The molecule has 0 saturated heterocycles. The molecule has 0 aromatic heterocycles. The van der Waals surface area contributed by atoms with E-state index in [0.29, 0.717) is 11.4 Å². The Morgan fingerprint density at radius 3 is 2.45 bits per heavy atom. The van der Waals surface area contributed by atoms with Gasteiger partial charge in [-0.15, -0.1) is 0 Å². The van der Waals surface area contributed by atoms with Gasteiger partial charge in [-0.25, -0.2) is 9.80 Å². The number of benzene rings is 2. The van der Waals surface area contributed by atoms with Crippen LogP contribution in [0.2, 0.25) is 5.02 Å². The fourth-order valence-electron chi connectivity index (χ4n) is 3.31. The van der Waals surface area contributed by atoms with E-state index in [-0.39, 0.29) is 18.5 Å². The van der Waals surface area contributed by atoms with Crippen molar-refractivity contribution in [1.82, 2.24) is 15.6 Å². The van der Waals surface area contributed by atoms with Crippen molar-refractivity contribution in [3.63, 3.8) is 0 Å². The molecule has 0 spiro atoms. The molecule has 0 aliphatic carbocycles. The average Bonchev–Trinajstić information content (AvgIpc) is 3.16. The summed E-state index contributed by atoms with van der Waals surface area (Å²) in [5.41, 5.74) is 2.02. The van der Waals surface area contributed by atoms with Crippen molar-refractivity contribution < 1.29 is 14.3 Å². The fraction of sp³-hybridized carbons (Fsp3) is 0.348. The number of hydrogen-bond acceptors (Lipinski definition) is 4. The predicted molar refractivity (Wildman–Crippen MR) is 121 cm³/mol. The molecule has 0 radical (unpaired) electrons. The third-order valence-electron chi connectivity index (χ3n) is 4.74. The quantitative estimate of drug-likeness (QED) is 0.730. The second kappa shape index (κ2) is 9.39. The van der Waals surface area contributed by atoms with Crippen LogP contribution in [-0.2, 0) is 4.79 Å². The van der Waals surface area contributed by atoms with E-state index in [1.807, 2.05) is 63.2 Å². The minimum Gasteiger partial charge on any atom is -0.497 e. The lowest BCUT2D eigenvalue weighted by Gasteiger charge is -2.24. The Morgan fingerprint density at radius 2 is 1.84 bits per heavy atom. The van der Waals surface area contributed by atoms with Crippen molar-refractivity contribution in [2.45, 2.75) is 38.8 Å². The highest BCUT2D eigenvalue weighted by Crippen LogP contribution is 2.34. The van der Waals surface area contributed by atoms with E-state index in [9.17, 15) is 9.59 Å². The second-order valence-corrected chi connectivity index (χ2v) is 8.72. The summed E-state index contributed by atoms with van der Waals surface area (Å²) in [6.45, 7) is 5.44. The maximum atomic E-state index is 13.0. The van der Waals surface area contributed by atoms with Crippen molar-refractivity contribution in [1.29, 1.82) is 0 Å². The molecule has 2 aromatic rings. The van der Waals surface area contributed by atoms with Gasteiger partial charge in [-0.2, -0.15) is 5.10 Å². The molecule has 2 N–H and O–H groups in total. The van der Waals surface area contributed by atoms with Crippen LogP contribution in [0.5, 0.6) is 5.75 Å².